The molecule has 3 nitrogen and oxygen atoms in total. The standard InChI is InChI=1S/C11H10BrClN2O/c1-2-9(12)11-15-14-10(16-11)7-3-5-8(13)6-4-7/h3-6,9H,2H2,1H3. The van der Waals surface area contributed by atoms with Gasteiger partial charge in [-0.05, 0) is 30.7 Å². The molecular formula is C11H10BrClN2O. The van der Waals surface area contributed by atoms with Gasteiger partial charge in [0, 0.05) is 10.6 Å². The molecule has 0 saturated heterocycles. The van der Waals surface area contributed by atoms with Crippen LogP contribution in [0.5, 0.6) is 0 Å². The Kier molecular flexibility index (Phi) is 3.61. The van der Waals surface area contributed by atoms with E-state index in [1.807, 2.05) is 19.1 Å². The number of hydrogen-bond acceptors (Lipinski definition) is 3. The lowest BCUT2D eigenvalue weighted by Crippen LogP contribution is -1.86. The normalized spacial score (nSPS) is 12.7. The van der Waals surface area contributed by atoms with E-state index >= 15 is 0 Å². The molecular weight excluding hydrogens is 291 g/mol. The first kappa shape index (κ1) is 11.6. The monoisotopic (exact) mass is 300 g/mol. The zero-order valence-electron chi connectivity index (χ0n) is 8.65. The van der Waals surface area contributed by atoms with Crippen molar-refractivity contribution in [3.63, 3.8) is 0 Å². The Morgan fingerprint density at radius 2 is 2.00 bits per heavy atom. The molecule has 5 heteroatoms. The molecule has 0 aliphatic heterocycles. The summed E-state index contributed by atoms with van der Waals surface area (Å²) < 4.78 is 5.55. The maximum atomic E-state index is 5.80. The summed E-state index contributed by atoms with van der Waals surface area (Å²) in [6, 6.07) is 7.31. The number of nitrogens with zero attached hydrogens (tertiary/aromatic N) is 2. The van der Waals surface area contributed by atoms with Crippen molar-refractivity contribution in [2.75, 3.05) is 0 Å². The second-order valence-electron chi connectivity index (χ2n) is 3.33. The van der Waals surface area contributed by atoms with E-state index in [0.717, 1.165) is 12.0 Å². The van der Waals surface area contributed by atoms with Crippen LogP contribution >= 0.6 is 27.5 Å². The van der Waals surface area contributed by atoms with E-state index in [4.69, 9.17) is 16.0 Å². The van der Waals surface area contributed by atoms with Crippen molar-refractivity contribution in [2.45, 2.75) is 18.2 Å². The first-order chi connectivity index (χ1) is 7.70. The molecule has 0 bridgehead atoms. The van der Waals surface area contributed by atoms with Crippen LogP contribution in [0.25, 0.3) is 11.5 Å². The average Bonchev–Trinajstić information content (AvgIpc) is 2.78. The molecule has 0 spiro atoms. The number of hydrogen-bond donors (Lipinski definition) is 0. The molecule has 84 valence electrons. The molecule has 0 aliphatic carbocycles. The first-order valence-electron chi connectivity index (χ1n) is 4.94. The maximum Gasteiger partial charge on any atom is 0.247 e. The summed E-state index contributed by atoms with van der Waals surface area (Å²) in [7, 11) is 0. The van der Waals surface area contributed by atoms with Crippen molar-refractivity contribution in [1.29, 1.82) is 0 Å². The minimum absolute atomic E-state index is 0.112. The molecule has 2 rings (SSSR count). The topological polar surface area (TPSA) is 38.9 Å². The highest BCUT2D eigenvalue weighted by Gasteiger charge is 2.14. The third-order valence-corrected chi connectivity index (χ3v) is 3.45. The van der Waals surface area contributed by atoms with Gasteiger partial charge in [0.25, 0.3) is 0 Å². The van der Waals surface area contributed by atoms with Crippen LogP contribution in [0.3, 0.4) is 0 Å². The van der Waals surface area contributed by atoms with Crippen molar-refractivity contribution < 1.29 is 4.42 Å². The largest absolute Gasteiger partial charge is 0.419 e. The highest BCUT2D eigenvalue weighted by Crippen LogP contribution is 2.27. The number of benzene rings is 1. The summed E-state index contributed by atoms with van der Waals surface area (Å²) in [6.45, 7) is 2.05. The molecule has 1 aromatic heterocycles. The molecule has 0 aliphatic rings. The summed E-state index contributed by atoms with van der Waals surface area (Å²) in [6.07, 6.45) is 0.905. The lowest BCUT2D eigenvalue weighted by atomic mass is 10.2. The van der Waals surface area contributed by atoms with Crippen molar-refractivity contribution in [1.82, 2.24) is 10.2 Å². The van der Waals surface area contributed by atoms with E-state index in [-0.39, 0.29) is 4.83 Å². The van der Waals surface area contributed by atoms with Crippen LogP contribution in [0.4, 0.5) is 0 Å². The van der Waals surface area contributed by atoms with Gasteiger partial charge in [-0.25, -0.2) is 0 Å². The summed E-state index contributed by atoms with van der Waals surface area (Å²) in [4.78, 5) is 0.112. The molecule has 0 N–H and O–H groups in total. The van der Waals surface area contributed by atoms with Crippen LogP contribution in [-0.2, 0) is 0 Å². The second-order valence-corrected chi connectivity index (χ2v) is 4.87. The Bertz CT molecular complexity index is 469. The predicted molar refractivity (Wildman–Crippen MR) is 66.7 cm³/mol. The molecule has 0 fully saturated rings. The van der Waals surface area contributed by atoms with Crippen LogP contribution in [0.15, 0.2) is 28.7 Å². The zero-order chi connectivity index (χ0) is 11.5. The van der Waals surface area contributed by atoms with Crippen molar-refractivity contribution >= 4 is 27.5 Å². The molecule has 2 aromatic rings. The first-order valence-corrected chi connectivity index (χ1v) is 6.23. The summed E-state index contributed by atoms with van der Waals surface area (Å²) in [5.41, 5.74) is 0.874. The van der Waals surface area contributed by atoms with Crippen LogP contribution in [-0.4, -0.2) is 10.2 Å². The van der Waals surface area contributed by atoms with E-state index < -0.39 is 0 Å². The summed E-state index contributed by atoms with van der Waals surface area (Å²) in [5, 5.41) is 8.67. The number of rotatable bonds is 3. The highest BCUT2D eigenvalue weighted by atomic mass is 79.9. The Labute approximate surface area is 107 Å². The maximum absolute atomic E-state index is 5.80. The Morgan fingerprint density at radius 1 is 1.31 bits per heavy atom. The smallest absolute Gasteiger partial charge is 0.247 e. The quantitative estimate of drug-likeness (QED) is 0.796. The van der Waals surface area contributed by atoms with Gasteiger partial charge in [-0.2, -0.15) is 0 Å². The number of aromatic nitrogens is 2. The lowest BCUT2D eigenvalue weighted by Gasteiger charge is -1.98. The fourth-order valence-corrected chi connectivity index (χ4v) is 1.56. The van der Waals surface area contributed by atoms with Crippen LogP contribution in [0, 0.1) is 0 Å². The van der Waals surface area contributed by atoms with E-state index in [0.29, 0.717) is 16.8 Å². The van der Waals surface area contributed by atoms with Crippen molar-refractivity contribution in [3.05, 3.63) is 35.2 Å². The van der Waals surface area contributed by atoms with E-state index in [2.05, 4.69) is 26.1 Å². The zero-order valence-corrected chi connectivity index (χ0v) is 11.0. The predicted octanol–water partition coefficient (Wildman–Crippen LogP) is 4.24. The fourth-order valence-electron chi connectivity index (χ4n) is 1.24. The molecule has 1 aromatic carbocycles. The van der Waals surface area contributed by atoms with Gasteiger partial charge in [0.05, 0.1) is 4.83 Å². The minimum Gasteiger partial charge on any atom is -0.419 e. The number of halogens is 2. The SMILES string of the molecule is CCC(Br)c1nnc(-c2ccc(Cl)cc2)o1. The van der Waals surface area contributed by atoms with Gasteiger partial charge in [0.2, 0.25) is 11.8 Å². The van der Waals surface area contributed by atoms with Gasteiger partial charge in [-0.1, -0.05) is 34.5 Å². The summed E-state index contributed by atoms with van der Waals surface area (Å²) in [5.74, 6) is 1.12. The van der Waals surface area contributed by atoms with Crippen LogP contribution in [0.2, 0.25) is 5.02 Å². The Balaban J connectivity index is 2.28. The lowest BCUT2D eigenvalue weighted by molar-refractivity contribution is 0.500. The minimum atomic E-state index is 0.112. The molecule has 1 unspecified atom stereocenters. The Morgan fingerprint density at radius 3 is 2.62 bits per heavy atom. The number of alkyl halides is 1. The van der Waals surface area contributed by atoms with E-state index in [1.165, 1.54) is 0 Å². The van der Waals surface area contributed by atoms with Gasteiger partial charge in [-0.15, -0.1) is 10.2 Å². The molecule has 0 radical (unpaired) electrons. The van der Waals surface area contributed by atoms with Crippen LogP contribution in [0.1, 0.15) is 24.1 Å². The fraction of sp³-hybridized carbons (Fsp3) is 0.273. The van der Waals surface area contributed by atoms with Gasteiger partial charge in [0.1, 0.15) is 0 Å². The van der Waals surface area contributed by atoms with Gasteiger partial charge < -0.3 is 4.42 Å². The van der Waals surface area contributed by atoms with Gasteiger partial charge >= 0.3 is 0 Å². The average molecular weight is 302 g/mol. The molecule has 0 amide bonds. The molecule has 1 atom stereocenters. The highest BCUT2D eigenvalue weighted by molar-refractivity contribution is 9.09. The molecule has 16 heavy (non-hydrogen) atoms. The Hall–Kier alpha value is -0.870. The van der Waals surface area contributed by atoms with E-state index in [9.17, 15) is 0 Å². The van der Waals surface area contributed by atoms with Gasteiger partial charge in [-0.3, -0.25) is 0 Å². The summed E-state index contributed by atoms with van der Waals surface area (Å²) >= 11 is 9.27. The van der Waals surface area contributed by atoms with E-state index in [1.54, 1.807) is 12.1 Å². The van der Waals surface area contributed by atoms with Gasteiger partial charge in [0.15, 0.2) is 0 Å². The third kappa shape index (κ3) is 2.44. The molecule has 0 saturated carbocycles. The van der Waals surface area contributed by atoms with Crippen molar-refractivity contribution in [3.8, 4) is 11.5 Å². The van der Waals surface area contributed by atoms with Crippen molar-refractivity contribution in [2.24, 2.45) is 0 Å². The second kappa shape index (κ2) is 4.97. The van der Waals surface area contributed by atoms with Crippen LogP contribution < -0.4 is 0 Å². The third-order valence-electron chi connectivity index (χ3n) is 2.16. The molecule has 1 heterocycles.